The molecule has 0 atom stereocenters. The summed E-state index contributed by atoms with van der Waals surface area (Å²) in [5, 5.41) is 6.16. The minimum absolute atomic E-state index is 0.0607. The molecule has 3 aromatic rings. The van der Waals surface area contributed by atoms with E-state index in [-0.39, 0.29) is 5.91 Å². The van der Waals surface area contributed by atoms with E-state index in [1.54, 1.807) is 18.5 Å². The number of hydrogen-bond acceptors (Lipinski definition) is 5. The summed E-state index contributed by atoms with van der Waals surface area (Å²) in [4.78, 5) is 21.5. The van der Waals surface area contributed by atoms with E-state index in [1.807, 2.05) is 50.4 Å². The topological polar surface area (TPSA) is 76.1 Å². The lowest BCUT2D eigenvalue weighted by Crippen LogP contribution is -2.30. The maximum atomic E-state index is 12.8. The highest BCUT2D eigenvalue weighted by Crippen LogP contribution is 2.33. The predicted molar refractivity (Wildman–Crippen MR) is 127 cm³/mol. The summed E-state index contributed by atoms with van der Waals surface area (Å²) in [6, 6.07) is 13.3. The fourth-order valence-corrected chi connectivity index (χ4v) is 4.11. The Labute approximate surface area is 189 Å². The number of pyridine rings is 2. The highest BCUT2D eigenvalue weighted by atomic mass is 16.5. The monoisotopic (exact) mass is 430 g/mol. The van der Waals surface area contributed by atoms with Gasteiger partial charge in [0.25, 0.3) is 5.91 Å². The number of nitrogens with zero attached hydrogens (tertiary/aromatic N) is 2. The Morgan fingerprint density at radius 1 is 1.06 bits per heavy atom. The van der Waals surface area contributed by atoms with Crippen LogP contribution < -0.4 is 15.4 Å². The molecule has 1 saturated carbocycles. The number of benzene rings is 1. The number of nitrogens with one attached hydrogen (secondary N) is 2. The molecular formula is C26H30N4O2. The zero-order chi connectivity index (χ0) is 22.3. The lowest BCUT2D eigenvalue weighted by molar-refractivity contribution is 0.0943. The lowest BCUT2D eigenvalue weighted by Gasteiger charge is -2.21. The number of aromatic nitrogens is 2. The van der Waals surface area contributed by atoms with E-state index in [9.17, 15) is 4.79 Å². The van der Waals surface area contributed by atoms with Crippen molar-refractivity contribution >= 4 is 11.7 Å². The van der Waals surface area contributed by atoms with Crippen LogP contribution in [-0.4, -0.2) is 29.5 Å². The number of aryl methyl sites for hydroxylation is 1. The number of carbonyl (C=O) groups is 1. The second-order valence-corrected chi connectivity index (χ2v) is 8.33. The third-order valence-electron chi connectivity index (χ3n) is 6.03. The van der Waals surface area contributed by atoms with Crippen LogP contribution in [0.1, 0.15) is 48.0 Å². The van der Waals surface area contributed by atoms with Crippen LogP contribution in [0.15, 0.2) is 54.9 Å². The Bertz CT molecular complexity index is 1080. The molecule has 6 nitrogen and oxygen atoms in total. The zero-order valence-electron chi connectivity index (χ0n) is 18.7. The van der Waals surface area contributed by atoms with Crippen molar-refractivity contribution in [3.8, 4) is 22.8 Å². The van der Waals surface area contributed by atoms with Crippen LogP contribution in [0.2, 0.25) is 0 Å². The van der Waals surface area contributed by atoms with E-state index >= 15 is 0 Å². The summed E-state index contributed by atoms with van der Waals surface area (Å²) in [6.07, 6.45) is 9.71. The Morgan fingerprint density at radius 2 is 1.91 bits per heavy atom. The number of ether oxygens (including phenoxy) is 1. The van der Waals surface area contributed by atoms with E-state index in [0.29, 0.717) is 23.1 Å². The smallest absolute Gasteiger partial charge is 0.251 e. The molecule has 166 valence electrons. The Balaban J connectivity index is 1.53. The van der Waals surface area contributed by atoms with Crippen LogP contribution in [0.25, 0.3) is 11.1 Å². The maximum Gasteiger partial charge on any atom is 0.251 e. The molecule has 6 heteroatoms. The van der Waals surface area contributed by atoms with Gasteiger partial charge in [-0.1, -0.05) is 25.3 Å². The van der Waals surface area contributed by atoms with Gasteiger partial charge < -0.3 is 15.4 Å². The highest BCUT2D eigenvalue weighted by molar-refractivity contribution is 5.94. The highest BCUT2D eigenvalue weighted by Gasteiger charge is 2.16. The largest absolute Gasteiger partial charge is 0.438 e. The molecular weight excluding hydrogens is 400 g/mol. The molecule has 0 radical (unpaired) electrons. The first kappa shape index (κ1) is 21.8. The summed E-state index contributed by atoms with van der Waals surface area (Å²) in [5.41, 5.74) is 3.35. The Kier molecular flexibility index (Phi) is 7.00. The standard InChI is InChI=1S/C26H30N4O2/c1-18-10-11-21(25(31)30-17-19-7-4-3-5-8-19)15-23(18)32-26-22(9-6-13-29-26)20-12-14-28-24(16-20)27-2/h6,9-16,19H,3-5,7-8,17H2,1-2H3,(H,27,28)(H,30,31). The average molecular weight is 431 g/mol. The third-order valence-corrected chi connectivity index (χ3v) is 6.03. The van der Waals surface area contributed by atoms with Crippen LogP contribution in [-0.2, 0) is 0 Å². The second-order valence-electron chi connectivity index (χ2n) is 8.33. The molecule has 2 N–H and O–H groups in total. The van der Waals surface area contributed by atoms with Gasteiger partial charge in [0, 0.05) is 37.1 Å². The average Bonchev–Trinajstić information content (AvgIpc) is 2.85. The summed E-state index contributed by atoms with van der Waals surface area (Å²) >= 11 is 0. The van der Waals surface area contributed by atoms with E-state index in [1.165, 1.54) is 32.1 Å². The normalized spacial score (nSPS) is 14.1. The molecule has 1 aromatic carbocycles. The van der Waals surface area contributed by atoms with Crippen molar-refractivity contribution in [3.63, 3.8) is 0 Å². The van der Waals surface area contributed by atoms with Crippen molar-refractivity contribution in [2.75, 3.05) is 18.9 Å². The predicted octanol–water partition coefficient (Wildman–Crippen LogP) is 5.60. The molecule has 0 unspecified atom stereocenters. The second kappa shape index (κ2) is 10.3. The van der Waals surface area contributed by atoms with Gasteiger partial charge in [0.15, 0.2) is 0 Å². The van der Waals surface area contributed by atoms with Crippen molar-refractivity contribution in [3.05, 3.63) is 66.0 Å². The molecule has 1 aliphatic rings. The minimum atomic E-state index is -0.0607. The van der Waals surface area contributed by atoms with E-state index in [4.69, 9.17) is 4.74 Å². The van der Waals surface area contributed by atoms with Gasteiger partial charge in [-0.2, -0.15) is 0 Å². The summed E-state index contributed by atoms with van der Waals surface area (Å²) < 4.78 is 6.22. The van der Waals surface area contributed by atoms with E-state index < -0.39 is 0 Å². The van der Waals surface area contributed by atoms with Gasteiger partial charge in [-0.3, -0.25) is 4.79 Å². The summed E-state index contributed by atoms with van der Waals surface area (Å²) in [5.74, 6) is 2.41. The number of amides is 1. The van der Waals surface area contributed by atoms with Crippen LogP contribution >= 0.6 is 0 Å². The first-order valence-corrected chi connectivity index (χ1v) is 11.3. The van der Waals surface area contributed by atoms with Gasteiger partial charge in [0.2, 0.25) is 5.88 Å². The number of hydrogen-bond donors (Lipinski definition) is 2. The van der Waals surface area contributed by atoms with Crippen molar-refractivity contribution < 1.29 is 9.53 Å². The Morgan fingerprint density at radius 3 is 2.72 bits per heavy atom. The molecule has 1 aliphatic carbocycles. The first-order chi connectivity index (χ1) is 15.6. The van der Waals surface area contributed by atoms with Crippen molar-refractivity contribution in [2.45, 2.75) is 39.0 Å². The van der Waals surface area contributed by atoms with Crippen LogP contribution in [0.4, 0.5) is 5.82 Å². The SMILES string of the molecule is CNc1cc(-c2cccnc2Oc2cc(C(=O)NCC3CCCCC3)ccc2C)ccn1. The molecule has 0 bridgehead atoms. The molecule has 1 amide bonds. The van der Waals surface area contributed by atoms with Gasteiger partial charge in [0.05, 0.1) is 0 Å². The maximum absolute atomic E-state index is 12.8. The first-order valence-electron chi connectivity index (χ1n) is 11.3. The van der Waals surface area contributed by atoms with Crippen LogP contribution in [0.5, 0.6) is 11.6 Å². The molecule has 2 heterocycles. The van der Waals surface area contributed by atoms with Crippen molar-refractivity contribution in [2.24, 2.45) is 5.92 Å². The van der Waals surface area contributed by atoms with Gasteiger partial charge in [-0.05, 0) is 73.2 Å². The lowest BCUT2D eigenvalue weighted by atomic mass is 9.89. The molecule has 32 heavy (non-hydrogen) atoms. The number of carbonyl (C=O) groups excluding carboxylic acids is 1. The summed E-state index contributed by atoms with van der Waals surface area (Å²) in [7, 11) is 1.83. The minimum Gasteiger partial charge on any atom is -0.438 e. The van der Waals surface area contributed by atoms with Crippen molar-refractivity contribution in [1.29, 1.82) is 0 Å². The molecule has 0 saturated heterocycles. The van der Waals surface area contributed by atoms with Gasteiger partial charge in [-0.25, -0.2) is 9.97 Å². The molecule has 0 aliphatic heterocycles. The van der Waals surface area contributed by atoms with Gasteiger partial charge in [-0.15, -0.1) is 0 Å². The number of rotatable bonds is 7. The Hall–Kier alpha value is -3.41. The van der Waals surface area contributed by atoms with Crippen molar-refractivity contribution in [1.82, 2.24) is 15.3 Å². The molecule has 1 fully saturated rings. The quantitative estimate of drug-likeness (QED) is 0.510. The fourth-order valence-electron chi connectivity index (χ4n) is 4.11. The van der Waals surface area contributed by atoms with Gasteiger partial charge in [0.1, 0.15) is 11.6 Å². The summed E-state index contributed by atoms with van der Waals surface area (Å²) in [6.45, 7) is 2.70. The fraction of sp³-hybridized carbons (Fsp3) is 0.346. The number of anilines is 1. The zero-order valence-corrected chi connectivity index (χ0v) is 18.7. The van der Waals surface area contributed by atoms with Gasteiger partial charge >= 0.3 is 0 Å². The molecule has 4 rings (SSSR count). The van der Waals surface area contributed by atoms with Crippen LogP contribution in [0.3, 0.4) is 0 Å². The molecule has 2 aromatic heterocycles. The van der Waals surface area contributed by atoms with E-state index in [2.05, 4.69) is 20.6 Å². The van der Waals surface area contributed by atoms with Crippen LogP contribution in [0, 0.1) is 12.8 Å². The van der Waals surface area contributed by atoms with E-state index in [0.717, 1.165) is 29.1 Å². The third kappa shape index (κ3) is 5.25. The molecule has 0 spiro atoms.